The Kier molecular flexibility index (Phi) is 10.8. The summed E-state index contributed by atoms with van der Waals surface area (Å²) in [5.41, 5.74) is 0.684. The molecule has 0 unspecified atom stereocenters. The molecule has 1 atom stereocenters. The summed E-state index contributed by atoms with van der Waals surface area (Å²) in [7, 11) is -3.90. The number of carbonyl (C=O) groups excluding carboxylic acids is 2. The van der Waals surface area contributed by atoms with Crippen LogP contribution in [0.1, 0.15) is 38.7 Å². The Labute approximate surface area is 216 Å². The Balaban J connectivity index is 2.43. The normalized spacial score (nSPS) is 12.2. The van der Waals surface area contributed by atoms with Gasteiger partial charge in [-0.3, -0.25) is 13.9 Å². The predicted molar refractivity (Wildman–Crippen MR) is 138 cm³/mol. The third kappa shape index (κ3) is 8.37. The van der Waals surface area contributed by atoms with Crippen molar-refractivity contribution in [2.45, 2.75) is 45.7 Å². The van der Waals surface area contributed by atoms with Gasteiger partial charge in [-0.2, -0.15) is 0 Å². The van der Waals surface area contributed by atoms with Crippen LogP contribution in [0.15, 0.2) is 42.5 Å². The minimum absolute atomic E-state index is 0.0322. The number of rotatable bonds is 12. The third-order valence-corrected chi connectivity index (χ3v) is 7.09. The molecule has 0 spiro atoms. The molecular formula is C24H30Cl2FN3O4S. The summed E-state index contributed by atoms with van der Waals surface area (Å²) in [4.78, 5) is 27.9. The van der Waals surface area contributed by atoms with E-state index >= 15 is 0 Å². The molecule has 0 aliphatic heterocycles. The van der Waals surface area contributed by atoms with Crippen LogP contribution in [0.25, 0.3) is 0 Å². The quantitative estimate of drug-likeness (QED) is 0.394. The summed E-state index contributed by atoms with van der Waals surface area (Å²) in [5, 5.41) is 3.57. The van der Waals surface area contributed by atoms with E-state index in [9.17, 15) is 22.4 Å². The van der Waals surface area contributed by atoms with Gasteiger partial charge in [0.05, 0.1) is 11.9 Å². The maximum atomic E-state index is 13.6. The third-order valence-electron chi connectivity index (χ3n) is 5.37. The number of unbranched alkanes of at least 4 members (excludes halogenated alkanes) is 1. The highest BCUT2D eigenvalue weighted by molar-refractivity contribution is 7.92. The van der Waals surface area contributed by atoms with Crippen molar-refractivity contribution in [3.05, 3.63) is 63.9 Å². The minimum Gasteiger partial charge on any atom is -0.354 e. The fourth-order valence-corrected chi connectivity index (χ4v) is 4.80. The highest BCUT2D eigenvalue weighted by Gasteiger charge is 2.32. The monoisotopic (exact) mass is 545 g/mol. The summed E-state index contributed by atoms with van der Waals surface area (Å²) >= 11 is 12.3. The fourth-order valence-electron chi connectivity index (χ4n) is 3.48. The second kappa shape index (κ2) is 13.1. The van der Waals surface area contributed by atoms with Gasteiger partial charge in [0.1, 0.15) is 18.4 Å². The number of halogens is 3. The van der Waals surface area contributed by atoms with Gasteiger partial charge in [-0.05, 0) is 54.8 Å². The van der Waals surface area contributed by atoms with E-state index in [1.165, 1.54) is 23.1 Å². The van der Waals surface area contributed by atoms with Crippen LogP contribution in [-0.4, -0.2) is 50.5 Å². The van der Waals surface area contributed by atoms with Crippen LogP contribution in [0.4, 0.5) is 10.1 Å². The summed E-state index contributed by atoms with van der Waals surface area (Å²) < 4.78 is 39.3. The van der Waals surface area contributed by atoms with E-state index < -0.39 is 34.3 Å². The molecule has 192 valence electrons. The second-order valence-electron chi connectivity index (χ2n) is 8.07. The van der Waals surface area contributed by atoms with Crippen molar-refractivity contribution in [2.75, 3.05) is 23.7 Å². The average Bonchev–Trinajstić information content (AvgIpc) is 2.78. The molecule has 2 rings (SSSR count). The van der Waals surface area contributed by atoms with Crippen molar-refractivity contribution in [1.29, 1.82) is 0 Å². The molecule has 0 aromatic heterocycles. The lowest BCUT2D eigenvalue weighted by Crippen LogP contribution is -2.52. The number of benzene rings is 2. The van der Waals surface area contributed by atoms with Crippen LogP contribution < -0.4 is 9.62 Å². The molecule has 0 aliphatic carbocycles. The van der Waals surface area contributed by atoms with Crippen LogP contribution >= 0.6 is 23.2 Å². The first-order valence-corrected chi connectivity index (χ1v) is 13.8. The number of carbonyl (C=O) groups is 2. The van der Waals surface area contributed by atoms with E-state index in [0.29, 0.717) is 28.6 Å². The summed E-state index contributed by atoms with van der Waals surface area (Å²) in [5.74, 6) is -1.49. The maximum absolute atomic E-state index is 13.6. The van der Waals surface area contributed by atoms with E-state index in [0.717, 1.165) is 35.5 Å². The lowest BCUT2D eigenvalue weighted by Gasteiger charge is -2.33. The number of amides is 2. The van der Waals surface area contributed by atoms with E-state index in [-0.39, 0.29) is 18.1 Å². The van der Waals surface area contributed by atoms with Crippen molar-refractivity contribution in [2.24, 2.45) is 0 Å². The molecule has 2 aromatic rings. The van der Waals surface area contributed by atoms with Gasteiger partial charge in [0.2, 0.25) is 21.8 Å². The zero-order valence-corrected chi connectivity index (χ0v) is 22.3. The average molecular weight is 546 g/mol. The van der Waals surface area contributed by atoms with Gasteiger partial charge in [-0.15, -0.1) is 0 Å². The highest BCUT2D eigenvalue weighted by atomic mass is 35.5. The van der Waals surface area contributed by atoms with Crippen molar-refractivity contribution in [1.82, 2.24) is 10.2 Å². The zero-order chi connectivity index (χ0) is 26.2. The Bertz CT molecular complexity index is 1130. The summed E-state index contributed by atoms with van der Waals surface area (Å²) in [6, 6.07) is 8.72. The molecule has 2 amide bonds. The molecule has 0 radical (unpaired) electrons. The highest BCUT2D eigenvalue weighted by Crippen LogP contribution is 2.25. The topological polar surface area (TPSA) is 86.8 Å². The second-order valence-corrected chi connectivity index (χ2v) is 10.8. The van der Waals surface area contributed by atoms with Gasteiger partial charge in [0.15, 0.2) is 0 Å². The first-order valence-electron chi connectivity index (χ1n) is 11.2. The van der Waals surface area contributed by atoms with Crippen LogP contribution in [0.5, 0.6) is 0 Å². The molecule has 0 saturated heterocycles. The van der Waals surface area contributed by atoms with Gasteiger partial charge in [-0.1, -0.05) is 49.5 Å². The summed E-state index contributed by atoms with van der Waals surface area (Å²) in [6.45, 7) is 3.61. The van der Waals surface area contributed by atoms with E-state index in [4.69, 9.17) is 23.2 Å². The molecule has 0 bridgehead atoms. The molecular weight excluding hydrogens is 516 g/mol. The SMILES string of the molecule is CCCCNC(=O)[C@@H](CC)N(Cc1ccc(Cl)cc1Cl)C(=O)CN(c1ccc(F)cc1)S(C)(=O)=O. The lowest BCUT2D eigenvalue weighted by atomic mass is 10.1. The van der Waals surface area contributed by atoms with Gasteiger partial charge in [-0.25, -0.2) is 12.8 Å². The summed E-state index contributed by atoms with van der Waals surface area (Å²) in [6.07, 6.45) is 2.93. The standard InChI is InChI=1S/C24H30Cl2FN3O4S/c1-4-6-13-28-24(32)22(5-2)29(15-17-7-8-18(25)14-21(17)26)23(31)16-30(35(3,33)34)20-11-9-19(27)10-12-20/h7-12,14,22H,4-6,13,15-16H2,1-3H3,(H,28,32)/t22-/m1/s1. The Morgan fingerprint density at radius 1 is 1.09 bits per heavy atom. The van der Waals surface area contributed by atoms with Crippen LogP contribution in [0.3, 0.4) is 0 Å². The molecule has 35 heavy (non-hydrogen) atoms. The van der Waals surface area contributed by atoms with E-state index in [1.807, 2.05) is 6.92 Å². The molecule has 2 aromatic carbocycles. The van der Waals surface area contributed by atoms with E-state index in [2.05, 4.69) is 5.32 Å². The van der Waals surface area contributed by atoms with Crippen molar-refractivity contribution in [3.8, 4) is 0 Å². The van der Waals surface area contributed by atoms with Crippen molar-refractivity contribution >= 4 is 50.7 Å². The number of nitrogens with one attached hydrogen (secondary N) is 1. The number of hydrogen-bond donors (Lipinski definition) is 1. The Morgan fingerprint density at radius 2 is 1.74 bits per heavy atom. The first-order chi connectivity index (χ1) is 16.5. The molecule has 0 saturated carbocycles. The fraction of sp³-hybridized carbons (Fsp3) is 0.417. The van der Waals surface area contributed by atoms with Gasteiger partial charge in [0, 0.05) is 23.1 Å². The van der Waals surface area contributed by atoms with Crippen LogP contribution in [0, 0.1) is 5.82 Å². The van der Waals surface area contributed by atoms with Gasteiger partial charge < -0.3 is 10.2 Å². The molecule has 11 heteroatoms. The largest absolute Gasteiger partial charge is 0.354 e. The molecule has 7 nitrogen and oxygen atoms in total. The van der Waals surface area contributed by atoms with Gasteiger partial charge >= 0.3 is 0 Å². The number of hydrogen-bond acceptors (Lipinski definition) is 4. The number of sulfonamides is 1. The number of anilines is 1. The maximum Gasteiger partial charge on any atom is 0.244 e. The Morgan fingerprint density at radius 3 is 2.29 bits per heavy atom. The minimum atomic E-state index is -3.90. The van der Waals surface area contributed by atoms with Crippen LogP contribution in [0.2, 0.25) is 10.0 Å². The lowest BCUT2D eigenvalue weighted by molar-refractivity contribution is -0.140. The smallest absolute Gasteiger partial charge is 0.244 e. The van der Waals surface area contributed by atoms with Gasteiger partial charge in [0.25, 0.3) is 0 Å². The van der Waals surface area contributed by atoms with Crippen molar-refractivity contribution < 1.29 is 22.4 Å². The first kappa shape index (κ1) is 28.9. The molecule has 0 fully saturated rings. The van der Waals surface area contributed by atoms with Crippen molar-refractivity contribution in [3.63, 3.8) is 0 Å². The number of nitrogens with zero attached hydrogens (tertiary/aromatic N) is 2. The Hall–Kier alpha value is -2.36. The molecule has 0 heterocycles. The molecule has 1 N–H and O–H groups in total. The van der Waals surface area contributed by atoms with E-state index in [1.54, 1.807) is 19.1 Å². The van der Waals surface area contributed by atoms with Crippen LogP contribution in [-0.2, 0) is 26.2 Å². The molecule has 0 aliphatic rings. The predicted octanol–water partition coefficient (Wildman–Crippen LogP) is 4.62. The zero-order valence-electron chi connectivity index (χ0n) is 19.9.